The van der Waals surface area contributed by atoms with Gasteiger partial charge in [-0.1, -0.05) is 36.4 Å². The lowest BCUT2D eigenvalue weighted by molar-refractivity contribution is 0.0948. The molecule has 0 fully saturated rings. The van der Waals surface area contributed by atoms with Crippen LogP contribution in [0.3, 0.4) is 0 Å². The number of nitrogens with one attached hydrogen (secondary N) is 1. The van der Waals surface area contributed by atoms with Crippen molar-refractivity contribution in [1.29, 1.82) is 5.26 Å². The van der Waals surface area contributed by atoms with Crippen molar-refractivity contribution in [3.8, 4) is 23.1 Å². The number of carbonyl (C=O) groups is 1. The number of nitriles is 1. The van der Waals surface area contributed by atoms with E-state index in [1.54, 1.807) is 13.3 Å². The summed E-state index contributed by atoms with van der Waals surface area (Å²) in [6.45, 7) is 2.35. The van der Waals surface area contributed by atoms with Crippen molar-refractivity contribution in [3.05, 3.63) is 89.7 Å². The van der Waals surface area contributed by atoms with Crippen LogP contribution in [0.25, 0.3) is 11.1 Å². The second kappa shape index (κ2) is 9.59. The average molecular weight is 492 g/mol. The number of rotatable bonds is 6. The van der Waals surface area contributed by atoms with Gasteiger partial charge in [0.2, 0.25) is 11.8 Å². The van der Waals surface area contributed by atoms with Gasteiger partial charge in [0.15, 0.2) is 0 Å². The van der Waals surface area contributed by atoms with E-state index in [0.29, 0.717) is 30.2 Å². The minimum absolute atomic E-state index is 0.0639. The first-order valence-corrected chi connectivity index (χ1v) is 11.7. The Bertz CT molecular complexity index is 1520. The third-order valence-electron chi connectivity index (χ3n) is 6.51. The second-order valence-electron chi connectivity index (χ2n) is 9.03. The van der Waals surface area contributed by atoms with Gasteiger partial charge in [0, 0.05) is 24.5 Å². The topological polar surface area (TPSA) is 130 Å². The van der Waals surface area contributed by atoms with Crippen LogP contribution in [0.4, 0.5) is 17.5 Å². The molecule has 37 heavy (non-hydrogen) atoms. The third-order valence-corrected chi connectivity index (χ3v) is 6.51. The van der Waals surface area contributed by atoms with Crippen molar-refractivity contribution in [2.75, 3.05) is 29.6 Å². The fraction of sp³-hybridized carbons (Fsp3) is 0.179. The van der Waals surface area contributed by atoms with Crippen LogP contribution in [-0.2, 0) is 6.42 Å². The molecule has 0 radical (unpaired) electrons. The molecule has 1 amide bonds. The summed E-state index contributed by atoms with van der Waals surface area (Å²) in [6, 6.07) is 21.2. The van der Waals surface area contributed by atoms with Gasteiger partial charge in [-0.05, 0) is 48.2 Å². The van der Waals surface area contributed by atoms with E-state index >= 15 is 0 Å². The molecule has 1 atom stereocenters. The highest BCUT2D eigenvalue weighted by molar-refractivity contribution is 6.13. The molecular weight excluding hydrogens is 466 g/mol. The number of nitrogen functional groups attached to an aromatic ring is 1. The number of fused-ring (bicyclic) bond motifs is 1. The summed E-state index contributed by atoms with van der Waals surface area (Å²) in [7, 11) is 1.57. The standard InChI is InChI=1S/C28H25N7O2/c1-28(17-33-25-20(15-29)16-32-27(30)34-25)14-19-7-6-10-22(18-11-12-31-23(13-18)37-2)24(19)26(36)35(28)21-8-4-3-5-9-21/h3-13,16H,14,17H2,1-2H3,(H3,30,32,33,34). The van der Waals surface area contributed by atoms with Crippen molar-refractivity contribution >= 4 is 23.4 Å². The minimum Gasteiger partial charge on any atom is -0.481 e. The monoisotopic (exact) mass is 491 g/mol. The summed E-state index contributed by atoms with van der Waals surface area (Å²) in [5.41, 5.74) is 9.36. The van der Waals surface area contributed by atoms with Crippen LogP contribution in [0, 0.1) is 11.3 Å². The van der Waals surface area contributed by atoms with Crippen LogP contribution in [-0.4, -0.2) is 40.1 Å². The van der Waals surface area contributed by atoms with Crippen LogP contribution in [0.15, 0.2) is 73.1 Å². The summed E-state index contributed by atoms with van der Waals surface area (Å²) in [5, 5.41) is 12.8. The summed E-state index contributed by atoms with van der Waals surface area (Å²) in [6.07, 6.45) is 3.62. The minimum atomic E-state index is -0.688. The number of anilines is 3. The molecule has 5 rings (SSSR count). The molecule has 2 aromatic heterocycles. The third kappa shape index (κ3) is 4.41. The predicted octanol–water partition coefficient (Wildman–Crippen LogP) is 4.07. The zero-order chi connectivity index (χ0) is 26.0. The number of methoxy groups -OCH3 is 1. The summed E-state index contributed by atoms with van der Waals surface area (Å²) < 4.78 is 5.32. The number of nitrogens with two attached hydrogens (primary N) is 1. The molecule has 0 bridgehead atoms. The lowest BCUT2D eigenvalue weighted by atomic mass is 9.80. The molecule has 0 saturated heterocycles. The maximum Gasteiger partial charge on any atom is 0.259 e. The Morgan fingerprint density at radius 2 is 1.97 bits per heavy atom. The predicted molar refractivity (Wildman–Crippen MR) is 141 cm³/mol. The van der Waals surface area contributed by atoms with Gasteiger partial charge in [0.25, 0.3) is 5.91 Å². The van der Waals surface area contributed by atoms with Crippen molar-refractivity contribution in [1.82, 2.24) is 15.0 Å². The number of hydrogen-bond donors (Lipinski definition) is 2. The Hall–Kier alpha value is -4.97. The van der Waals surface area contributed by atoms with E-state index in [2.05, 4.69) is 26.3 Å². The smallest absolute Gasteiger partial charge is 0.259 e. The number of benzene rings is 2. The maximum absolute atomic E-state index is 14.3. The summed E-state index contributed by atoms with van der Waals surface area (Å²) in [5.74, 6) is 0.754. The van der Waals surface area contributed by atoms with Gasteiger partial charge in [-0.15, -0.1) is 0 Å². The average Bonchev–Trinajstić information content (AvgIpc) is 2.92. The van der Waals surface area contributed by atoms with E-state index < -0.39 is 5.54 Å². The summed E-state index contributed by atoms with van der Waals surface area (Å²) >= 11 is 0. The Morgan fingerprint density at radius 1 is 1.16 bits per heavy atom. The quantitative estimate of drug-likeness (QED) is 0.413. The number of pyridine rings is 1. The Balaban J connectivity index is 1.61. The van der Waals surface area contributed by atoms with Gasteiger partial charge < -0.3 is 20.7 Å². The van der Waals surface area contributed by atoms with E-state index in [9.17, 15) is 10.1 Å². The molecule has 4 aromatic rings. The molecule has 1 aliphatic heterocycles. The molecule has 3 heterocycles. The normalized spacial score (nSPS) is 16.6. The van der Waals surface area contributed by atoms with E-state index in [1.807, 2.05) is 72.5 Å². The first kappa shape index (κ1) is 23.8. The molecule has 2 aromatic carbocycles. The van der Waals surface area contributed by atoms with E-state index in [4.69, 9.17) is 10.5 Å². The molecule has 9 heteroatoms. The van der Waals surface area contributed by atoms with Crippen LogP contribution >= 0.6 is 0 Å². The second-order valence-corrected chi connectivity index (χ2v) is 9.03. The SMILES string of the molecule is COc1cc(-c2cccc3c2C(=O)N(c2ccccc2)C(C)(CNc2nc(N)ncc2C#N)C3)ccn1. The fourth-order valence-electron chi connectivity index (χ4n) is 4.81. The van der Waals surface area contributed by atoms with Crippen molar-refractivity contribution in [2.24, 2.45) is 0 Å². The highest BCUT2D eigenvalue weighted by Gasteiger charge is 2.43. The number of ether oxygens (including phenoxy) is 1. The molecule has 3 N–H and O–H groups in total. The zero-order valence-corrected chi connectivity index (χ0v) is 20.5. The van der Waals surface area contributed by atoms with E-state index in [0.717, 1.165) is 22.4 Å². The molecule has 184 valence electrons. The van der Waals surface area contributed by atoms with Crippen LogP contribution in [0.2, 0.25) is 0 Å². The lowest BCUT2D eigenvalue weighted by Crippen LogP contribution is -2.59. The lowest BCUT2D eigenvalue weighted by Gasteiger charge is -2.46. The molecule has 1 unspecified atom stereocenters. The van der Waals surface area contributed by atoms with Crippen LogP contribution in [0.5, 0.6) is 5.88 Å². The number of amides is 1. The van der Waals surface area contributed by atoms with Gasteiger partial charge in [0.1, 0.15) is 17.5 Å². The zero-order valence-electron chi connectivity index (χ0n) is 20.5. The number of para-hydroxylation sites is 1. The Morgan fingerprint density at radius 3 is 2.73 bits per heavy atom. The first-order valence-electron chi connectivity index (χ1n) is 11.7. The first-order chi connectivity index (χ1) is 17.9. The summed E-state index contributed by atoms with van der Waals surface area (Å²) in [4.78, 5) is 28.5. The van der Waals surface area contributed by atoms with Crippen molar-refractivity contribution in [3.63, 3.8) is 0 Å². The van der Waals surface area contributed by atoms with Gasteiger partial charge in [0.05, 0.1) is 24.4 Å². The van der Waals surface area contributed by atoms with Crippen molar-refractivity contribution < 1.29 is 9.53 Å². The largest absolute Gasteiger partial charge is 0.481 e. The van der Waals surface area contributed by atoms with Gasteiger partial charge in [-0.3, -0.25) is 4.79 Å². The number of carbonyl (C=O) groups excluding carboxylic acids is 1. The van der Waals surface area contributed by atoms with E-state index in [1.165, 1.54) is 6.20 Å². The molecule has 0 spiro atoms. The highest BCUT2D eigenvalue weighted by atomic mass is 16.5. The fourth-order valence-corrected chi connectivity index (χ4v) is 4.81. The molecule has 1 aliphatic rings. The van der Waals surface area contributed by atoms with Crippen LogP contribution < -0.4 is 20.7 Å². The van der Waals surface area contributed by atoms with Gasteiger partial charge in [-0.2, -0.15) is 10.2 Å². The van der Waals surface area contributed by atoms with Gasteiger partial charge in [-0.25, -0.2) is 9.97 Å². The molecule has 0 saturated carbocycles. The highest BCUT2D eigenvalue weighted by Crippen LogP contribution is 2.39. The maximum atomic E-state index is 14.3. The number of aromatic nitrogens is 3. The van der Waals surface area contributed by atoms with Crippen molar-refractivity contribution in [2.45, 2.75) is 18.9 Å². The molecule has 0 aliphatic carbocycles. The molecule has 9 nitrogen and oxygen atoms in total. The molecular formula is C28H25N7O2. The number of hydrogen-bond acceptors (Lipinski definition) is 8. The van der Waals surface area contributed by atoms with Crippen LogP contribution in [0.1, 0.15) is 28.4 Å². The number of nitrogens with zero attached hydrogens (tertiary/aromatic N) is 5. The van der Waals surface area contributed by atoms with Gasteiger partial charge >= 0.3 is 0 Å². The Kier molecular flexibility index (Phi) is 6.15. The Labute approximate surface area is 214 Å². The van der Waals surface area contributed by atoms with E-state index in [-0.39, 0.29) is 17.4 Å².